The van der Waals surface area contributed by atoms with E-state index in [1.54, 1.807) is 31.4 Å². The lowest BCUT2D eigenvalue weighted by Gasteiger charge is -2.52. The molecule has 4 aromatic rings. The zero-order chi connectivity index (χ0) is 38.1. The number of aromatic nitrogens is 1. The van der Waals surface area contributed by atoms with Gasteiger partial charge in [0.25, 0.3) is 0 Å². The Kier molecular flexibility index (Phi) is 10.9. The predicted molar refractivity (Wildman–Crippen MR) is 196 cm³/mol. The molecule has 1 N–H and O–H groups in total. The zero-order valence-electron chi connectivity index (χ0n) is 30.7. The Morgan fingerprint density at radius 3 is 2.39 bits per heavy atom. The maximum Gasteiger partial charge on any atom is 0.514 e. The fourth-order valence-electron chi connectivity index (χ4n) is 8.54. The summed E-state index contributed by atoms with van der Waals surface area (Å²) >= 11 is 6.03. The number of carbonyl (C=O) groups excluding carboxylic acids is 3. The van der Waals surface area contributed by atoms with E-state index in [9.17, 15) is 14.4 Å². The first-order chi connectivity index (χ1) is 26.2. The van der Waals surface area contributed by atoms with Crippen molar-refractivity contribution in [1.29, 1.82) is 0 Å². The topological polar surface area (TPSA) is 144 Å². The monoisotopic (exact) mass is 762 g/mol. The number of aromatic amines is 1. The number of fused-ring (bicyclic) bond motifs is 6. The lowest BCUT2D eigenvalue weighted by atomic mass is 9.63. The molecular weight excluding hydrogens is 720 g/mol. The van der Waals surface area contributed by atoms with Gasteiger partial charge in [-0.15, -0.1) is 0 Å². The molecule has 2 aliphatic heterocycles. The number of esters is 2. The highest BCUT2D eigenvalue weighted by atomic mass is 35.5. The van der Waals surface area contributed by atoms with Crippen molar-refractivity contribution in [2.75, 3.05) is 48.6 Å². The molecule has 0 bridgehead atoms. The molecular formula is C40H43ClN2O11. The van der Waals surface area contributed by atoms with Crippen LogP contribution in [-0.2, 0) is 36.8 Å². The number of nitrogens with one attached hydrogen (secondary N) is 1. The number of carbonyl (C=O) groups is 3. The Morgan fingerprint density at radius 2 is 1.70 bits per heavy atom. The molecule has 3 heterocycles. The lowest BCUT2D eigenvalue weighted by molar-refractivity contribution is -0.176. The van der Waals surface area contributed by atoms with Crippen molar-refractivity contribution in [2.45, 2.75) is 44.1 Å². The quantitative estimate of drug-likeness (QED) is 0.107. The number of ether oxygens (including phenoxy) is 8. The molecule has 3 aromatic carbocycles. The molecule has 2 fully saturated rings. The van der Waals surface area contributed by atoms with Crippen LogP contribution in [0.5, 0.6) is 23.0 Å². The third-order valence-electron chi connectivity index (χ3n) is 11.0. The van der Waals surface area contributed by atoms with Gasteiger partial charge < -0.3 is 42.9 Å². The third kappa shape index (κ3) is 7.15. The molecule has 0 amide bonds. The van der Waals surface area contributed by atoms with Crippen LogP contribution in [0.4, 0.5) is 4.79 Å². The summed E-state index contributed by atoms with van der Waals surface area (Å²) in [7, 11) is 7.27. The number of H-pyrrole nitrogens is 1. The molecule has 7 rings (SSSR count). The van der Waals surface area contributed by atoms with Crippen molar-refractivity contribution in [3.8, 4) is 23.0 Å². The highest BCUT2D eigenvalue weighted by molar-refractivity contribution is 6.30. The summed E-state index contributed by atoms with van der Waals surface area (Å²) in [5.41, 5.74) is 4.24. The van der Waals surface area contributed by atoms with Crippen LogP contribution in [0.1, 0.15) is 46.1 Å². The molecule has 0 spiro atoms. The fraction of sp³-hybridized carbons (Fsp3) is 0.425. The van der Waals surface area contributed by atoms with Gasteiger partial charge in [0.05, 0.1) is 46.0 Å². The summed E-state index contributed by atoms with van der Waals surface area (Å²) in [6.45, 7) is 1.50. The summed E-state index contributed by atoms with van der Waals surface area (Å²) in [5.74, 6) is -1.04. The summed E-state index contributed by atoms with van der Waals surface area (Å²) in [4.78, 5) is 46.2. The Labute approximate surface area is 317 Å². The van der Waals surface area contributed by atoms with Crippen LogP contribution in [0.2, 0.25) is 5.02 Å². The highest BCUT2D eigenvalue weighted by Crippen LogP contribution is 2.51. The van der Waals surface area contributed by atoms with Crippen molar-refractivity contribution in [2.24, 2.45) is 17.8 Å². The van der Waals surface area contributed by atoms with Crippen LogP contribution in [-0.4, -0.2) is 88.8 Å². The van der Waals surface area contributed by atoms with Crippen LogP contribution in [0.15, 0.2) is 54.6 Å². The zero-order valence-corrected chi connectivity index (χ0v) is 31.5. The molecule has 1 aliphatic carbocycles. The van der Waals surface area contributed by atoms with Gasteiger partial charge in [-0.05, 0) is 78.6 Å². The van der Waals surface area contributed by atoms with Gasteiger partial charge in [-0.25, -0.2) is 9.59 Å². The predicted octanol–water partition coefficient (Wildman–Crippen LogP) is 6.53. The molecule has 13 nitrogen and oxygen atoms in total. The van der Waals surface area contributed by atoms with Crippen molar-refractivity contribution in [1.82, 2.24) is 9.88 Å². The summed E-state index contributed by atoms with van der Waals surface area (Å²) < 4.78 is 44.7. The third-order valence-corrected chi connectivity index (χ3v) is 11.2. The molecule has 54 heavy (non-hydrogen) atoms. The van der Waals surface area contributed by atoms with Crippen molar-refractivity contribution < 1.29 is 52.3 Å². The van der Waals surface area contributed by atoms with Gasteiger partial charge in [-0.3, -0.25) is 9.69 Å². The fourth-order valence-corrected chi connectivity index (χ4v) is 8.76. The maximum absolute atomic E-state index is 13.9. The molecule has 14 heteroatoms. The van der Waals surface area contributed by atoms with E-state index in [0.717, 1.165) is 24.2 Å². The van der Waals surface area contributed by atoms with Crippen molar-refractivity contribution >= 4 is 40.6 Å². The number of hydrogen-bond acceptors (Lipinski definition) is 12. The normalized spacial score (nSPS) is 23.3. The van der Waals surface area contributed by atoms with E-state index < -0.39 is 36.2 Å². The first-order valence-electron chi connectivity index (χ1n) is 17.7. The molecule has 6 atom stereocenters. The maximum atomic E-state index is 13.9. The highest BCUT2D eigenvalue weighted by Gasteiger charge is 2.54. The number of benzene rings is 3. The Bertz CT molecular complexity index is 2020. The minimum absolute atomic E-state index is 0.0262. The first kappa shape index (κ1) is 37.3. The van der Waals surface area contributed by atoms with E-state index in [4.69, 9.17) is 49.5 Å². The second-order valence-corrected chi connectivity index (χ2v) is 14.2. The summed E-state index contributed by atoms with van der Waals surface area (Å²) in [6.07, 6.45) is -0.460. The second kappa shape index (κ2) is 15.8. The van der Waals surface area contributed by atoms with Gasteiger partial charge in [0.1, 0.15) is 24.6 Å². The van der Waals surface area contributed by atoms with E-state index >= 15 is 0 Å². The molecule has 0 unspecified atom stereocenters. The van der Waals surface area contributed by atoms with Crippen molar-refractivity contribution in [3.05, 3.63) is 82.0 Å². The van der Waals surface area contributed by atoms with E-state index in [-0.39, 0.29) is 47.3 Å². The molecule has 286 valence electrons. The van der Waals surface area contributed by atoms with Crippen molar-refractivity contribution in [3.63, 3.8) is 0 Å². The summed E-state index contributed by atoms with van der Waals surface area (Å²) in [6, 6.07) is 15.8. The van der Waals surface area contributed by atoms with E-state index in [0.29, 0.717) is 30.0 Å². The SMILES string of the molecule is COC(=O)[C@H]1[C@H]2C[C@@H]3c4[nH]c5cc(OC)ccc5c4CCN3C[C@H]2C[C@@H](OC(=O)c2cc(OC)c(OC(=O)OCc3cccc(Cl)c3)c(OC)c2)[C@@H]1OC. The van der Waals surface area contributed by atoms with Gasteiger partial charge in [0.15, 0.2) is 11.5 Å². The first-order valence-corrected chi connectivity index (χ1v) is 18.1. The molecule has 1 saturated carbocycles. The molecule has 0 radical (unpaired) electrons. The van der Waals surface area contributed by atoms with Crippen LogP contribution in [0.25, 0.3) is 10.9 Å². The number of rotatable bonds is 10. The van der Waals surface area contributed by atoms with E-state index in [1.807, 2.05) is 12.1 Å². The minimum Gasteiger partial charge on any atom is -0.497 e. The molecule has 1 saturated heterocycles. The number of hydrogen-bond donors (Lipinski definition) is 1. The summed E-state index contributed by atoms with van der Waals surface area (Å²) in [5, 5.41) is 1.69. The van der Waals surface area contributed by atoms with Crippen LogP contribution < -0.4 is 18.9 Å². The van der Waals surface area contributed by atoms with Crippen LogP contribution >= 0.6 is 11.6 Å². The largest absolute Gasteiger partial charge is 0.514 e. The average Bonchev–Trinajstić information content (AvgIpc) is 3.56. The number of piperidine rings is 1. The van der Waals surface area contributed by atoms with Gasteiger partial charge in [0, 0.05) is 47.9 Å². The van der Waals surface area contributed by atoms with Gasteiger partial charge >= 0.3 is 18.1 Å². The van der Waals surface area contributed by atoms with Crippen LogP contribution in [0.3, 0.4) is 0 Å². The second-order valence-electron chi connectivity index (χ2n) is 13.8. The molecule has 1 aromatic heterocycles. The Morgan fingerprint density at radius 1 is 0.926 bits per heavy atom. The van der Waals surface area contributed by atoms with Gasteiger partial charge in [-0.2, -0.15) is 0 Å². The standard InChI is InChI=1S/C40H43ClN2O11/c1-47-25-9-10-26-27-11-12-43-19-23-16-33(37(50-4)34(39(45)51-5)28(23)18-30(43)35(27)42-29(26)17-25)53-38(44)22-14-31(48-2)36(32(15-22)49-3)54-40(46)52-20-21-7-6-8-24(41)13-21/h6-10,13-15,17,23,28,30,33-34,37,42H,11-12,16,18-20H2,1-5H3/t23-,28+,30-,33-,34+,37+/m1/s1. The van der Waals surface area contributed by atoms with E-state index in [2.05, 4.69) is 16.0 Å². The average molecular weight is 763 g/mol. The number of halogens is 1. The van der Waals surface area contributed by atoms with Gasteiger partial charge in [-0.1, -0.05) is 23.7 Å². The molecule has 3 aliphatic rings. The number of methoxy groups -OCH3 is 5. The minimum atomic E-state index is -1.01. The Hall–Kier alpha value is -4.98. The van der Waals surface area contributed by atoms with Gasteiger partial charge in [0.2, 0.25) is 5.75 Å². The van der Waals surface area contributed by atoms with E-state index in [1.165, 1.54) is 57.2 Å². The smallest absolute Gasteiger partial charge is 0.497 e. The van der Waals surface area contributed by atoms with Crippen LogP contribution in [0, 0.1) is 17.8 Å². The number of nitrogens with zero attached hydrogens (tertiary/aromatic N) is 1. The Balaban J connectivity index is 1.10. The lowest BCUT2D eigenvalue weighted by Crippen LogP contribution is -2.58.